The van der Waals surface area contributed by atoms with Crippen LogP contribution in [0.25, 0.3) is 0 Å². The summed E-state index contributed by atoms with van der Waals surface area (Å²) < 4.78 is 31.7. The third-order valence-electron chi connectivity index (χ3n) is 4.30. The summed E-state index contributed by atoms with van der Waals surface area (Å²) in [6.07, 6.45) is 0. The lowest BCUT2D eigenvalue weighted by Gasteiger charge is -2.13. The van der Waals surface area contributed by atoms with Crippen LogP contribution in [-0.2, 0) is 6.54 Å². The number of hydrogen-bond acceptors (Lipinski definition) is 4. The minimum atomic E-state index is -1.06. The molecule has 3 N–H and O–H groups in total. The Bertz CT molecular complexity index is 1100. The molecule has 3 aromatic carbocycles. The normalized spacial score (nSPS) is 10.4. The molecule has 6 nitrogen and oxygen atoms in total. The second-order valence-corrected chi connectivity index (χ2v) is 6.36. The molecule has 3 rings (SSSR count). The maximum absolute atomic E-state index is 13.3. The summed E-state index contributed by atoms with van der Waals surface area (Å²) in [6.45, 7) is 0.297. The van der Waals surface area contributed by atoms with Gasteiger partial charge in [0.25, 0.3) is 5.91 Å². The van der Waals surface area contributed by atoms with Crippen LogP contribution in [0, 0.1) is 11.6 Å². The fraction of sp³-hybridized carbons (Fsp3) is 0.0909. The van der Waals surface area contributed by atoms with Crippen LogP contribution in [0.2, 0.25) is 0 Å². The van der Waals surface area contributed by atoms with Crippen molar-refractivity contribution >= 4 is 23.3 Å². The number of nitrogens with one attached hydrogen (secondary N) is 2. The Morgan fingerprint density at radius 2 is 1.77 bits per heavy atom. The molecule has 0 aromatic heterocycles. The molecule has 0 heterocycles. The largest absolute Gasteiger partial charge is 0.495 e. The van der Waals surface area contributed by atoms with Gasteiger partial charge in [-0.2, -0.15) is 0 Å². The number of ether oxygens (including phenoxy) is 1. The van der Waals surface area contributed by atoms with E-state index in [4.69, 9.17) is 9.84 Å². The SMILES string of the molecule is COc1ccc(C(=O)Nc2ccc(F)c(F)c2)cc1NCc1cccc(C(=O)O)c1. The van der Waals surface area contributed by atoms with Gasteiger partial charge in [-0.05, 0) is 48.0 Å². The first-order chi connectivity index (χ1) is 14.4. The molecule has 0 spiro atoms. The van der Waals surface area contributed by atoms with Crippen molar-refractivity contribution in [2.45, 2.75) is 6.54 Å². The Hall–Kier alpha value is -3.94. The number of halogens is 2. The van der Waals surface area contributed by atoms with E-state index < -0.39 is 23.5 Å². The monoisotopic (exact) mass is 412 g/mol. The Balaban J connectivity index is 1.77. The van der Waals surface area contributed by atoms with Gasteiger partial charge in [-0.15, -0.1) is 0 Å². The number of benzene rings is 3. The van der Waals surface area contributed by atoms with Gasteiger partial charge in [-0.1, -0.05) is 12.1 Å². The molecule has 8 heteroatoms. The maximum atomic E-state index is 13.3. The smallest absolute Gasteiger partial charge is 0.335 e. The van der Waals surface area contributed by atoms with Gasteiger partial charge in [0.2, 0.25) is 0 Å². The van der Waals surface area contributed by atoms with Gasteiger partial charge in [-0.25, -0.2) is 13.6 Å². The minimum absolute atomic E-state index is 0.120. The lowest BCUT2D eigenvalue weighted by molar-refractivity contribution is 0.0696. The van der Waals surface area contributed by atoms with Crippen LogP contribution < -0.4 is 15.4 Å². The minimum Gasteiger partial charge on any atom is -0.495 e. The third kappa shape index (κ3) is 4.91. The zero-order chi connectivity index (χ0) is 21.7. The summed E-state index contributed by atoms with van der Waals surface area (Å²) in [5, 5.41) is 14.7. The summed E-state index contributed by atoms with van der Waals surface area (Å²) in [5.74, 6) is -3.12. The number of amides is 1. The molecule has 0 radical (unpaired) electrons. The maximum Gasteiger partial charge on any atom is 0.335 e. The topological polar surface area (TPSA) is 87.7 Å². The number of anilines is 2. The van der Waals surface area contributed by atoms with E-state index in [9.17, 15) is 18.4 Å². The van der Waals surface area contributed by atoms with Gasteiger partial charge >= 0.3 is 5.97 Å². The van der Waals surface area contributed by atoms with Crippen LogP contribution in [-0.4, -0.2) is 24.1 Å². The van der Waals surface area contributed by atoms with Crippen LogP contribution >= 0.6 is 0 Å². The number of carboxylic acids is 1. The Morgan fingerprint density at radius 1 is 0.967 bits per heavy atom. The molecule has 0 saturated carbocycles. The zero-order valence-electron chi connectivity index (χ0n) is 15.9. The molecular formula is C22H18F2N2O4. The van der Waals surface area contributed by atoms with Gasteiger partial charge in [-0.3, -0.25) is 4.79 Å². The van der Waals surface area contributed by atoms with Gasteiger partial charge in [0.1, 0.15) is 5.75 Å². The molecule has 1 amide bonds. The van der Waals surface area contributed by atoms with Crippen molar-refractivity contribution < 1.29 is 28.2 Å². The number of aromatic carboxylic acids is 1. The fourth-order valence-corrected chi connectivity index (χ4v) is 2.78. The number of methoxy groups -OCH3 is 1. The van der Waals surface area contributed by atoms with Crippen molar-refractivity contribution in [2.75, 3.05) is 17.7 Å². The number of carboxylic acid groups (broad SMARTS) is 1. The summed E-state index contributed by atoms with van der Waals surface area (Å²) in [7, 11) is 1.48. The van der Waals surface area contributed by atoms with Crippen LogP contribution in [0.4, 0.5) is 20.2 Å². The molecule has 0 aliphatic rings. The number of rotatable bonds is 7. The van der Waals surface area contributed by atoms with Crippen molar-refractivity contribution in [2.24, 2.45) is 0 Å². The molecule has 3 aromatic rings. The second-order valence-electron chi connectivity index (χ2n) is 6.36. The van der Waals surface area contributed by atoms with Crippen molar-refractivity contribution in [3.8, 4) is 5.75 Å². The number of hydrogen-bond donors (Lipinski definition) is 3. The Kier molecular flexibility index (Phi) is 6.26. The first kappa shape index (κ1) is 20.8. The van der Waals surface area contributed by atoms with E-state index in [-0.39, 0.29) is 16.8 Å². The predicted octanol–water partition coefficient (Wildman–Crippen LogP) is 4.54. The van der Waals surface area contributed by atoms with Crippen molar-refractivity contribution in [3.05, 3.63) is 89.0 Å². The summed E-state index contributed by atoms with van der Waals surface area (Å²) >= 11 is 0. The first-order valence-electron chi connectivity index (χ1n) is 8.88. The van der Waals surface area contributed by atoms with Crippen LogP contribution in [0.5, 0.6) is 5.75 Å². The molecule has 0 atom stereocenters. The molecule has 30 heavy (non-hydrogen) atoms. The first-order valence-corrected chi connectivity index (χ1v) is 8.88. The molecular weight excluding hydrogens is 394 g/mol. The molecule has 0 aliphatic carbocycles. The van der Waals surface area contributed by atoms with Crippen LogP contribution in [0.15, 0.2) is 60.7 Å². The van der Waals surface area contributed by atoms with E-state index in [1.54, 1.807) is 30.3 Å². The fourth-order valence-electron chi connectivity index (χ4n) is 2.78. The highest BCUT2D eigenvalue weighted by atomic mass is 19.2. The average Bonchev–Trinajstić information content (AvgIpc) is 2.74. The summed E-state index contributed by atoms with van der Waals surface area (Å²) in [4.78, 5) is 23.6. The lowest BCUT2D eigenvalue weighted by Crippen LogP contribution is -2.13. The van der Waals surface area contributed by atoms with E-state index in [1.165, 1.54) is 25.3 Å². The summed E-state index contributed by atoms with van der Waals surface area (Å²) in [6, 6.07) is 14.2. The predicted molar refractivity (Wildman–Crippen MR) is 108 cm³/mol. The van der Waals surface area contributed by atoms with Gasteiger partial charge in [0.05, 0.1) is 18.4 Å². The van der Waals surface area contributed by atoms with Crippen molar-refractivity contribution in [1.29, 1.82) is 0 Å². The Morgan fingerprint density at radius 3 is 2.47 bits per heavy atom. The molecule has 154 valence electrons. The molecule has 0 aliphatic heterocycles. The average molecular weight is 412 g/mol. The molecule has 0 unspecified atom stereocenters. The summed E-state index contributed by atoms with van der Waals surface area (Å²) in [5.41, 5.74) is 1.79. The van der Waals surface area contributed by atoms with E-state index in [0.717, 1.165) is 17.7 Å². The second kappa shape index (κ2) is 9.04. The van der Waals surface area contributed by atoms with Crippen molar-refractivity contribution in [1.82, 2.24) is 0 Å². The van der Waals surface area contributed by atoms with E-state index in [1.807, 2.05) is 0 Å². The highest BCUT2D eigenvalue weighted by Gasteiger charge is 2.12. The van der Waals surface area contributed by atoms with E-state index >= 15 is 0 Å². The number of carbonyl (C=O) groups excluding carboxylic acids is 1. The van der Waals surface area contributed by atoms with Crippen LogP contribution in [0.1, 0.15) is 26.3 Å². The zero-order valence-corrected chi connectivity index (χ0v) is 15.9. The number of carbonyl (C=O) groups is 2. The van der Waals surface area contributed by atoms with Gasteiger partial charge in [0.15, 0.2) is 11.6 Å². The molecule has 0 fully saturated rings. The highest BCUT2D eigenvalue weighted by molar-refractivity contribution is 6.05. The standard InChI is InChI=1S/C22H18F2N2O4/c1-30-20-8-5-14(21(27)26-16-6-7-17(23)18(24)11-16)10-19(20)25-12-13-3-2-4-15(9-13)22(28)29/h2-11,25H,12H2,1H3,(H,26,27)(H,28,29). The molecule has 0 saturated heterocycles. The van der Waals surface area contributed by atoms with Crippen LogP contribution in [0.3, 0.4) is 0 Å². The third-order valence-corrected chi connectivity index (χ3v) is 4.30. The quantitative estimate of drug-likeness (QED) is 0.531. The van der Waals surface area contributed by atoms with E-state index in [0.29, 0.717) is 18.0 Å². The lowest BCUT2D eigenvalue weighted by atomic mass is 10.1. The van der Waals surface area contributed by atoms with Gasteiger partial charge in [0, 0.05) is 23.9 Å². The highest BCUT2D eigenvalue weighted by Crippen LogP contribution is 2.27. The van der Waals surface area contributed by atoms with Gasteiger partial charge < -0.3 is 20.5 Å². The molecule has 0 bridgehead atoms. The van der Waals surface area contributed by atoms with E-state index in [2.05, 4.69) is 10.6 Å². The Labute approximate surface area is 171 Å². The van der Waals surface area contributed by atoms with Crippen molar-refractivity contribution in [3.63, 3.8) is 0 Å².